The van der Waals surface area contributed by atoms with Gasteiger partial charge < -0.3 is 9.47 Å². The summed E-state index contributed by atoms with van der Waals surface area (Å²) in [6.45, 7) is 9.27. The van der Waals surface area contributed by atoms with E-state index in [1.165, 1.54) is 11.3 Å². The second-order valence-electron chi connectivity index (χ2n) is 7.23. The summed E-state index contributed by atoms with van der Waals surface area (Å²) in [6.07, 6.45) is 1.83. The van der Waals surface area contributed by atoms with Crippen LogP contribution in [-0.2, 0) is 11.3 Å². The van der Waals surface area contributed by atoms with E-state index in [0.29, 0.717) is 23.1 Å². The lowest BCUT2D eigenvalue weighted by atomic mass is 10.2. The van der Waals surface area contributed by atoms with E-state index in [-0.39, 0.29) is 18.3 Å². The van der Waals surface area contributed by atoms with E-state index < -0.39 is 0 Å². The summed E-state index contributed by atoms with van der Waals surface area (Å²) in [5.74, 6) is 0.583. The Hall–Kier alpha value is -2.20. The number of hydrogen-bond donors (Lipinski definition) is 0. The Kier molecular flexibility index (Phi) is 7.88. The third-order valence-corrected chi connectivity index (χ3v) is 6.53. The van der Waals surface area contributed by atoms with Crippen LogP contribution < -0.4 is 9.64 Å². The van der Waals surface area contributed by atoms with Gasteiger partial charge in [-0.15, -0.1) is 12.4 Å². The quantitative estimate of drug-likeness (QED) is 0.533. The predicted octanol–water partition coefficient (Wildman–Crippen LogP) is 3.23. The molecular formula is C21H28ClN5O3S. The number of hydrogen-bond acceptors (Lipinski definition) is 7. The molecule has 3 heterocycles. The lowest BCUT2D eigenvalue weighted by Gasteiger charge is -2.29. The van der Waals surface area contributed by atoms with Crippen molar-refractivity contribution in [2.75, 3.05) is 51.4 Å². The van der Waals surface area contributed by atoms with Crippen molar-refractivity contribution in [3.8, 4) is 5.75 Å². The molecule has 1 saturated heterocycles. The summed E-state index contributed by atoms with van der Waals surface area (Å²) in [5, 5.41) is 5.09. The molecule has 0 bridgehead atoms. The maximum Gasteiger partial charge on any atom is 0.280 e. The number of ether oxygens (including phenoxy) is 2. The Bertz CT molecular complexity index is 1030. The van der Waals surface area contributed by atoms with Crippen molar-refractivity contribution in [1.29, 1.82) is 0 Å². The number of methoxy groups -OCH3 is 1. The predicted molar refractivity (Wildman–Crippen MR) is 125 cm³/mol. The van der Waals surface area contributed by atoms with Crippen LogP contribution in [0.5, 0.6) is 5.75 Å². The molecule has 2 aromatic heterocycles. The van der Waals surface area contributed by atoms with Crippen LogP contribution in [0.1, 0.15) is 23.0 Å². The van der Waals surface area contributed by atoms with E-state index >= 15 is 0 Å². The fourth-order valence-electron chi connectivity index (χ4n) is 3.52. The second-order valence-corrected chi connectivity index (χ2v) is 8.20. The number of amides is 1. The van der Waals surface area contributed by atoms with Gasteiger partial charge in [0.05, 0.1) is 25.0 Å². The fraction of sp³-hybridized carbons (Fsp3) is 0.476. The molecule has 10 heteroatoms. The number of halogens is 1. The molecular weight excluding hydrogens is 438 g/mol. The maximum atomic E-state index is 13.4. The molecule has 0 saturated carbocycles. The molecule has 31 heavy (non-hydrogen) atoms. The molecule has 1 aliphatic rings. The number of carbonyl (C=O) groups excluding carboxylic acids is 1. The first kappa shape index (κ1) is 23.5. The molecule has 0 spiro atoms. The number of carbonyl (C=O) groups is 1. The number of thiazole rings is 1. The SMILES string of the molecule is CCn1ccc(C(=O)N(CCN2CCOCC2)c2nc3c(OC)ccc(C)c3s2)n1.Cl. The van der Waals surface area contributed by atoms with Gasteiger partial charge in [0.25, 0.3) is 5.91 Å². The van der Waals surface area contributed by atoms with Crippen molar-refractivity contribution < 1.29 is 14.3 Å². The van der Waals surface area contributed by atoms with Gasteiger partial charge in [-0.2, -0.15) is 5.10 Å². The van der Waals surface area contributed by atoms with Crippen molar-refractivity contribution in [2.24, 2.45) is 0 Å². The molecule has 168 valence electrons. The van der Waals surface area contributed by atoms with Crippen molar-refractivity contribution in [1.82, 2.24) is 19.7 Å². The van der Waals surface area contributed by atoms with Gasteiger partial charge in [0.1, 0.15) is 11.3 Å². The monoisotopic (exact) mass is 465 g/mol. The van der Waals surface area contributed by atoms with Gasteiger partial charge >= 0.3 is 0 Å². The zero-order valence-corrected chi connectivity index (χ0v) is 19.7. The van der Waals surface area contributed by atoms with Crippen molar-refractivity contribution >= 4 is 45.0 Å². The molecule has 4 rings (SSSR count). The van der Waals surface area contributed by atoms with Gasteiger partial charge in [-0.3, -0.25) is 19.3 Å². The Morgan fingerprint density at radius 1 is 1.29 bits per heavy atom. The minimum absolute atomic E-state index is 0. The van der Waals surface area contributed by atoms with Crippen molar-refractivity contribution in [2.45, 2.75) is 20.4 Å². The van der Waals surface area contributed by atoms with Crippen molar-refractivity contribution in [3.05, 3.63) is 35.7 Å². The molecule has 0 aliphatic carbocycles. The highest BCUT2D eigenvalue weighted by atomic mass is 35.5. The van der Waals surface area contributed by atoms with E-state index in [4.69, 9.17) is 14.5 Å². The summed E-state index contributed by atoms with van der Waals surface area (Å²) in [6, 6.07) is 5.71. The Balaban J connectivity index is 0.00000272. The number of benzene rings is 1. The van der Waals surface area contributed by atoms with E-state index in [9.17, 15) is 4.79 Å². The first-order chi connectivity index (χ1) is 14.6. The van der Waals surface area contributed by atoms with E-state index in [0.717, 1.165) is 55.2 Å². The van der Waals surface area contributed by atoms with Gasteiger partial charge in [-0.1, -0.05) is 17.4 Å². The minimum Gasteiger partial charge on any atom is -0.494 e. The van der Waals surface area contributed by atoms with E-state index in [1.54, 1.807) is 22.8 Å². The van der Waals surface area contributed by atoms with Crippen LogP contribution in [0.2, 0.25) is 0 Å². The van der Waals surface area contributed by atoms with Crippen LogP contribution in [0.4, 0.5) is 5.13 Å². The molecule has 8 nitrogen and oxygen atoms in total. The molecule has 0 unspecified atom stereocenters. The number of morpholine rings is 1. The molecule has 1 aromatic carbocycles. The number of anilines is 1. The third kappa shape index (κ3) is 5.01. The second kappa shape index (κ2) is 10.4. The lowest BCUT2D eigenvalue weighted by Crippen LogP contribution is -2.43. The summed E-state index contributed by atoms with van der Waals surface area (Å²) in [7, 11) is 1.64. The molecule has 1 amide bonds. The summed E-state index contributed by atoms with van der Waals surface area (Å²) in [5.41, 5.74) is 2.34. The smallest absolute Gasteiger partial charge is 0.280 e. The summed E-state index contributed by atoms with van der Waals surface area (Å²) >= 11 is 1.52. The topological polar surface area (TPSA) is 72.7 Å². The number of rotatable bonds is 7. The van der Waals surface area contributed by atoms with Gasteiger partial charge in [0, 0.05) is 38.9 Å². The van der Waals surface area contributed by atoms with Gasteiger partial charge in [-0.05, 0) is 31.5 Å². The lowest BCUT2D eigenvalue weighted by molar-refractivity contribution is 0.0391. The van der Waals surface area contributed by atoms with E-state index in [1.807, 2.05) is 32.2 Å². The highest BCUT2D eigenvalue weighted by Gasteiger charge is 2.25. The van der Waals surface area contributed by atoms with Crippen LogP contribution >= 0.6 is 23.7 Å². The fourth-order valence-corrected chi connectivity index (χ4v) is 4.59. The maximum absolute atomic E-state index is 13.4. The molecule has 1 aliphatic heterocycles. The molecule has 0 atom stereocenters. The van der Waals surface area contributed by atoms with Crippen molar-refractivity contribution in [3.63, 3.8) is 0 Å². The molecule has 0 radical (unpaired) electrons. The van der Waals surface area contributed by atoms with Gasteiger partial charge in [0.2, 0.25) is 0 Å². The molecule has 0 N–H and O–H groups in total. The number of aromatic nitrogens is 3. The van der Waals surface area contributed by atoms with Crippen LogP contribution in [0.3, 0.4) is 0 Å². The van der Waals surface area contributed by atoms with Gasteiger partial charge in [-0.25, -0.2) is 4.98 Å². The van der Waals surface area contributed by atoms with Gasteiger partial charge in [0.15, 0.2) is 10.8 Å². The number of nitrogens with zero attached hydrogens (tertiary/aromatic N) is 5. The Morgan fingerprint density at radius 3 is 2.74 bits per heavy atom. The third-order valence-electron chi connectivity index (χ3n) is 5.32. The average Bonchev–Trinajstić information content (AvgIpc) is 3.43. The molecule has 1 fully saturated rings. The number of aryl methyl sites for hydroxylation is 2. The summed E-state index contributed by atoms with van der Waals surface area (Å²) in [4.78, 5) is 22.3. The van der Waals surface area contributed by atoms with Crippen LogP contribution in [0.15, 0.2) is 24.4 Å². The summed E-state index contributed by atoms with van der Waals surface area (Å²) < 4.78 is 13.7. The zero-order valence-electron chi connectivity index (χ0n) is 18.0. The standard InChI is InChI=1S/C21H27N5O3S.ClH/c1-4-25-8-7-16(23-25)20(27)26(10-9-24-11-13-29-14-12-24)21-22-18-17(28-3)6-5-15(2)19(18)30-21;/h5-8H,4,9-14H2,1-3H3;1H. The first-order valence-electron chi connectivity index (χ1n) is 10.2. The average molecular weight is 466 g/mol. The van der Waals surface area contributed by atoms with E-state index in [2.05, 4.69) is 10.00 Å². The van der Waals surface area contributed by atoms with Crippen LogP contribution in [0.25, 0.3) is 10.2 Å². The normalized spacial score (nSPS) is 14.4. The van der Waals surface area contributed by atoms with Crippen LogP contribution in [0, 0.1) is 6.92 Å². The molecule has 3 aromatic rings. The Labute approximate surface area is 192 Å². The van der Waals surface area contributed by atoms with Crippen LogP contribution in [-0.4, -0.2) is 72.1 Å². The highest BCUT2D eigenvalue weighted by Crippen LogP contribution is 2.36. The minimum atomic E-state index is -0.133. The Morgan fingerprint density at radius 2 is 2.06 bits per heavy atom. The first-order valence-corrected chi connectivity index (χ1v) is 11.0. The number of fused-ring (bicyclic) bond motifs is 1. The largest absolute Gasteiger partial charge is 0.494 e. The zero-order chi connectivity index (χ0) is 21.1. The highest BCUT2D eigenvalue weighted by molar-refractivity contribution is 7.22.